The van der Waals surface area contributed by atoms with Crippen LogP contribution in [0, 0.1) is 0 Å². The minimum absolute atomic E-state index is 0.124. The molecule has 0 spiro atoms. The number of fused-ring (bicyclic) bond motifs is 1. The molecule has 0 unspecified atom stereocenters. The maximum atomic E-state index is 12.6. The van der Waals surface area contributed by atoms with E-state index in [4.69, 9.17) is 0 Å². The molecule has 0 bridgehead atoms. The number of hydrogen-bond donors (Lipinski definition) is 0. The highest BCUT2D eigenvalue weighted by Crippen LogP contribution is 2.16. The van der Waals surface area contributed by atoms with Crippen LogP contribution in [0.4, 0.5) is 0 Å². The van der Waals surface area contributed by atoms with Crippen LogP contribution in [0.1, 0.15) is 42.5 Å². The number of carbonyl (C=O) groups is 1. The molecule has 0 aliphatic carbocycles. The Bertz CT molecular complexity index is 603. The molecule has 1 aromatic carbocycles. The SMILES string of the molecule is O=C(c1ccc2nccnc2c1)N1CCCCCCC1. The molecule has 3 rings (SSSR count). The zero-order valence-corrected chi connectivity index (χ0v) is 11.6. The van der Waals surface area contributed by atoms with Gasteiger partial charge in [0.15, 0.2) is 0 Å². The standard InChI is InChI=1S/C16H19N3O/c20-16(19-10-4-2-1-3-5-11-19)13-6-7-14-15(12-13)18-9-8-17-14/h6-9,12H,1-5,10-11H2. The van der Waals surface area contributed by atoms with Crippen LogP contribution in [-0.2, 0) is 0 Å². The van der Waals surface area contributed by atoms with Crippen LogP contribution in [0.5, 0.6) is 0 Å². The summed E-state index contributed by atoms with van der Waals surface area (Å²) in [6.07, 6.45) is 9.31. The van der Waals surface area contributed by atoms with Crippen molar-refractivity contribution in [1.29, 1.82) is 0 Å². The van der Waals surface area contributed by atoms with E-state index in [0.29, 0.717) is 0 Å². The predicted molar refractivity (Wildman–Crippen MR) is 78.5 cm³/mol. The number of rotatable bonds is 1. The quantitative estimate of drug-likeness (QED) is 0.799. The fraction of sp³-hybridized carbons (Fsp3) is 0.438. The zero-order chi connectivity index (χ0) is 13.8. The summed E-state index contributed by atoms with van der Waals surface area (Å²) in [5.74, 6) is 0.124. The molecular formula is C16H19N3O. The van der Waals surface area contributed by atoms with Gasteiger partial charge in [0, 0.05) is 31.0 Å². The van der Waals surface area contributed by atoms with Crippen LogP contribution >= 0.6 is 0 Å². The topological polar surface area (TPSA) is 46.1 Å². The lowest BCUT2D eigenvalue weighted by molar-refractivity contribution is 0.0742. The van der Waals surface area contributed by atoms with E-state index in [1.807, 2.05) is 23.1 Å². The molecule has 4 heteroatoms. The van der Waals surface area contributed by atoms with Crippen molar-refractivity contribution in [2.75, 3.05) is 13.1 Å². The number of likely N-dealkylation sites (tertiary alicyclic amines) is 1. The van der Waals surface area contributed by atoms with E-state index >= 15 is 0 Å². The van der Waals surface area contributed by atoms with Crippen LogP contribution in [0.3, 0.4) is 0 Å². The third-order valence-corrected chi connectivity index (χ3v) is 3.86. The first-order chi connectivity index (χ1) is 9.84. The lowest BCUT2D eigenvalue weighted by atomic mass is 10.1. The Labute approximate surface area is 118 Å². The number of amides is 1. The second-order valence-electron chi connectivity index (χ2n) is 5.32. The molecule has 0 N–H and O–H groups in total. The van der Waals surface area contributed by atoms with Gasteiger partial charge in [-0.15, -0.1) is 0 Å². The van der Waals surface area contributed by atoms with Gasteiger partial charge in [-0.2, -0.15) is 0 Å². The van der Waals surface area contributed by atoms with Crippen LogP contribution in [-0.4, -0.2) is 33.9 Å². The van der Waals surface area contributed by atoms with Crippen molar-refractivity contribution >= 4 is 16.9 Å². The minimum atomic E-state index is 0.124. The van der Waals surface area contributed by atoms with Crippen molar-refractivity contribution in [3.05, 3.63) is 36.2 Å². The maximum Gasteiger partial charge on any atom is 0.253 e. The molecule has 2 heterocycles. The monoisotopic (exact) mass is 269 g/mol. The molecule has 20 heavy (non-hydrogen) atoms. The molecule has 4 nitrogen and oxygen atoms in total. The number of benzene rings is 1. The van der Waals surface area contributed by atoms with Crippen LogP contribution in [0.2, 0.25) is 0 Å². The third kappa shape index (κ3) is 2.79. The molecule has 104 valence electrons. The molecule has 1 aliphatic rings. The predicted octanol–water partition coefficient (Wildman–Crippen LogP) is 3.04. The normalized spacial score (nSPS) is 16.7. The van der Waals surface area contributed by atoms with Gasteiger partial charge in [0.2, 0.25) is 0 Å². The molecule has 1 saturated heterocycles. The van der Waals surface area contributed by atoms with E-state index in [2.05, 4.69) is 9.97 Å². The summed E-state index contributed by atoms with van der Waals surface area (Å²) in [5, 5.41) is 0. The fourth-order valence-electron chi connectivity index (χ4n) is 2.73. The van der Waals surface area contributed by atoms with Gasteiger partial charge < -0.3 is 4.90 Å². The van der Waals surface area contributed by atoms with Gasteiger partial charge in [0.1, 0.15) is 0 Å². The second-order valence-corrected chi connectivity index (χ2v) is 5.32. The van der Waals surface area contributed by atoms with Gasteiger partial charge in [0.05, 0.1) is 11.0 Å². The van der Waals surface area contributed by atoms with Gasteiger partial charge in [-0.3, -0.25) is 14.8 Å². The van der Waals surface area contributed by atoms with Crippen LogP contribution in [0.15, 0.2) is 30.6 Å². The summed E-state index contributed by atoms with van der Waals surface area (Å²) in [6.45, 7) is 1.74. The molecule has 0 saturated carbocycles. The lowest BCUT2D eigenvalue weighted by Gasteiger charge is -2.24. The largest absolute Gasteiger partial charge is 0.339 e. The van der Waals surface area contributed by atoms with Gasteiger partial charge in [-0.25, -0.2) is 0 Å². The molecule has 2 aromatic rings. The molecular weight excluding hydrogens is 250 g/mol. The molecule has 1 amide bonds. The van der Waals surface area contributed by atoms with E-state index in [1.54, 1.807) is 12.4 Å². The third-order valence-electron chi connectivity index (χ3n) is 3.86. The zero-order valence-electron chi connectivity index (χ0n) is 11.6. The van der Waals surface area contributed by atoms with Crippen molar-refractivity contribution in [2.45, 2.75) is 32.1 Å². The first kappa shape index (κ1) is 13.0. The van der Waals surface area contributed by atoms with Crippen LogP contribution in [0.25, 0.3) is 11.0 Å². The number of carbonyl (C=O) groups excluding carboxylic acids is 1. The van der Waals surface area contributed by atoms with Crippen molar-refractivity contribution in [1.82, 2.24) is 14.9 Å². The van der Waals surface area contributed by atoms with Crippen molar-refractivity contribution < 1.29 is 4.79 Å². The highest BCUT2D eigenvalue weighted by molar-refractivity contribution is 5.97. The van der Waals surface area contributed by atoms with Crippen molar-refractivity contribution in [3.8, 4) is 0 Å². The Morgan fingerprint density at radius 3 is 2.30 bits per heavy atom. The van der Waals surface area contributed by atoms with E-state index in [1.165, 1.54) is 19.3 Å². The first-order valence-corrected chi connectivity index (χ1v) is 7.35. The van der Waals surface area contributed by atoms with E-state index < -0.39 is 0 Å². The summed E-state index contributed by atoms with van der Waals surface area (Å²) >= 11 is 0. The Morgan fingerprint density at radius 1 is 0.900 bits per heavy atom. The first-order valence-electron chi connectivity index (χ1n) is 7.35. The maximum absolute atomic E-state index is 12.6. The summed E-state index contributed by atoms with van der Waals surface area (Å²) in [5.41, 5.74) is 2.33. The Hall–Kier alpha value is -1.97. The average molecular weight is 269 g/mol. The minimum Gasteiger partial charge on any atom is -0.339 e. The molecule has 0 atom stereocenters. The highest BCUT2D eigenvalue weighted by atomic mass is 16.2. The van der Waals surface area contributed by atoms with Crippen molar-refractivity contribution in [2.24, 2.45) is 0 Å². The Morgan fingerprint density at radius 2 is 1.55 bits per heavy atom. The molecule has 1 fully saturated rings. The van der Waals surface area contributed by atoms with Gasteiger partial charge in [0.25, 0.3) is 5.91 Å². The van der Waals surface area contributed by atoms with Crippen molar-refractivity contribution in [3.63, 3.8) is 0 Å². The average Bonchev–Trinajstić information content (AvgIpc) is 2.46. The number of hydrogen-bond acceptors (Lipinski definition) is 3. The lowest BCUT2D eigenvalue weighted by Crippen LogP contribution is -2.33. The molecule has 1 aliphatic heterocycles. The smallest absolute Gasteiger partial charge is 0.253 e. The van der Waals surface area contributed by atoms with E-state index in [-0.39, 0.29) is 5.91 Å². The highest BCUT2D eigenvalue weighted by Gasteiger charge is 2.17. The summed E-state index contributed by atoms with van der Waals surface area (Å²) in [6, 6.07) is 5.58. The van der Waals surface area contributed by atoms with E-state index in [9.17, 15) is 4.79 Å². The fourth-order valence-corrected chi connectivity index (χ4v) is 2.73. The summed E-state index contributed by atoms with van der Waals surface area (Å²) < 4.78 is 0. The second kappa shape index (κ2) is 5.99. The number of aromatic nitrogens is 2. The summed E-state index contributed by atoms with van der Waals surface area (Å²) in [7, 11) is 0. The number of nitrogens with zero attached hydrogens (tertiary/aromatic N) is 3. The Balaban J connectivity index is 1.83. The van der Waals surface area contributed by atoms with E-state index in [0.717, 1.165) is 42.5 Å². The summed E-state index contributed by atoms with van der Waals surface area (Å²) in [4.78, 5) is 23.1. The van der Waals surface area contributed by atoms with Crippen LogP contribution < -0.4 is 0 Å². The van der Waals surface area contributed by atoms with Gasteiger partial charge >= 0.3 is 0 Å². The molecule has 0 radical (unpaired) electrons. The Kier molecular flexibility index (Phi) is 3.90. The van der Waals surface area contributed by atoms with Gasteiger partial charge in [-0.1, -0.05) is 19.3 Å². The van der Waals surface area contributed by atoms with Gasteiger partial charge in [-0.05, 0) is 31.0 Å². The molecule has 1 aromatic heterocycles.